The molecule has 11 nitrogen and oxygen atoms in total. The van der Waals surface area contributed by atoms with E-state index >= 15 is 0 Å². The van der Waals surface area contributed by atoms with Gasteiger partial charge in [0.2, 0.25) is 11.9 Å². The number of sulfone groups is 1. The molecule has 0 aliphatic carbocycles. The highest BCUT2D eigenvalue weighted by Crippen LogP contribution is 2.38. The van der Waals surface area contributed by atoms with Gasteiger partial charge in [-0.15, -0.1) is 0 Å². The highest BCUT2D eigenvalue weighted by molar-refractivity contribution is 7.92. The van der Waals surface area contributed by atoms with Gasteiger partial charge in [0.15, 0.2) is 9.84 Å². The molecule has 3 aromatic rings. The van der Waals surface area contributed by atoms with Crippen LogP contribution >= 0.6 is 0 Å². The maximum absolute atomic E-state index is 13.0. The van der Waals surface area contributed by atoms with Gasteiger partial charge >= 0.3 is 5.97 Å². The Bertz CT molecular complexity index is 1670. The number of rotatable bonds is 13. The molecule has 1 amide bonds. The van der Waals surface area contributed by atoms with Gasteiger partial charge in [-0.1, -0.05) is 12.1 Å². The third-order valence-electron chi connectivity index (χ3n) is 8.09. The van der Waals surface area contributed by atoms with Crippen molar-refractivity contribution >= 4 is 44.9 Å². The predicted octanol–water partition coefficient (Wildman–Crippen LogP) is 6.51. The van der Waals surface area contributed by atoms with E-state index in [1.165, 1.54) is 0 Å². The normalized spacial score (nSPS) is 14.0. The number of aliphatic carboxylic acids is 1. The van der Waals surface area contributed by atoms with Gasteiger partial charge in [0, 0.05) is 37.7 Å². The van der Waals surface area contributed by atoms with E-state index in [9.17, 15) is 18.0 Å². The smallest absolute Gasteiger partial charge is 0.303 e. The zero-order valence-corrected chi connectivity index (χ0v) is 28.3. The topological polar surface area (TPSA) is 151 Å². The van der Waals surface area contributed by atoms with Crippen LogP contribution < -0.4 is 15.4 Å². The van der Waals surface area contributed by atoms with Crippen molar-refractivity contribution in [3.8, 4) is 5.75 Å². The van der Waals surface area contributed by atoms with Crippen molar-refractivity contribution < 1.29 is 27.9 Å². The van der Waals surface area contributed by atoms with Gasteiger partial charge in [-0.2, -0.15) is 4.98 Å². The molecule has 1 aliphatic heterocycles. The highest BCUT2D eigenvalue weighted by Gasteiger charge is 2.26. The number of nitrogens with zero attached hydrogens (tertiary/aromatic N) is 3. The Balaban J connectivity index is 1.54. The van der Waals surface area contributed by atoms with Crippen LogP contribution in [0.25, 0.3) is 0 Å². The van der Waals surface area contributed by atoms with Gasteiger partial charge in [-0.25, -0.2) is 13.4 Å². The second-order valence-corrected chi connectivity index (χ2v) is 14.8. The number of carbonyl (C=O) groups is 2. The van der Waals surface area contributed by atoms with Crippen molar-refractivity contribution in [3.05, 3.63) is 59.3 Å². The lowest BCUT2D eigenvalue weighted by atomic mass is 9.86. The summed E-state index contributed by atoms with van der Waals surface area (Å²) in [4.78, 5) is 34.6. The number of aryl methyl sites for hydroxylation is 2. The minimum Gasteiger partial charge on any atom is -0.489 e. The molecule has 0 atom stereocenters. The number of benzene rings is 2. The lowest BCUT2D eigenvalue weighted by Gasteiger charge is -2.33. The highest BCUT2D eigenvalue weighted by atomic mass is 32.2. The van der Waals surface area contributed by atoms with Crippen LogP contribution in [0.4, 0.5) is 23.1 Å². The first-order chi connectivity index (χ1) is 21.8. The van der Waals surface area contributed by atoms with E-state index in [1.807, 2.05) is 31.7 Å². The van der Waals surface area contributed by atoms with E-state index in [2.05, 4.69) is 28.6 Å². The molecule has 1 fully saturated rings. The molecule has 4 rings (SSSR count). The van der Waals surface area contributed by atoms with E-state index in [1.54, 1.807) is 44.3 Å². The third-order valence-corrected chi connectivity index (χ3v) is 10.3. The first-order valence-electron chi connectivity index (χ1n) is 15.8. The molecule has 1 saturated heterocycles. The fourth-order valence-corrected chi connectivity index (χ4v) is 6.73. The monoisotopic (exact) mass is 651 g/mol. The van der Waals surface area contributed by atoms with Crippen molar-refractivity contribution in [2.45, 2.75) is 95.8 Å². The molecule has 46 heavy (non-hydrogen) atoms. The standard InChI is InChI=1S/C34H45N5O6S/c1-21(2)45-29-19-26(25-14-16-39(17-15-25)31(40)12-9-13-32(41)42)23(5)18-28(29)37-34-35-20-24(6)33(38-34)36-27-10-7-8-11-30(27)46(43,44)22(3)4/h7-8,10-11,18-22,25H,9,12-17H2,1-6H3,(H,41,42)(H2,35,36,37,38). The number of ether oxygens (including phenoxy) is 1. The number of aromatic nitrogens is 2. The van der Waals surface area contributed by atoms with Crippen LogP contribution in [-0.4, -0.2) is 64.7 Å². The first-order valence-corrected chi connectivity index (χ1v) is 17.3. The molecule has 0 radical (unpaired) electrons. The number of nitrogens with one attached hydrogen (secondary N) is 2. The number of piperidine rings is 1. The quantitative estimate of drug-likeness (QED) is 0.187. The van der Waals surface area contributed by atoms with Gasteiger partial charge in [-0.05, 0) is 102 Å². The molecule has 0 unspecified atom stereocenters. The van der Waals surface area contributed by atoms with Gasteiger partial charge in [-0.3, -0.25) is 9.59 Å². The summed E-state index contributed by atoms with van der Waals surface area (Å²) in [6, 6.07) is 10.9. The second-order valence-electron chi connectivity index (χ2n) is 12.3. The Labute approximate surface area is 271 Å². The van der Waals surface area contributed by atoms with Crippen molar-refractivity contribution in [2.24, 2.45) is 0 Å². The van der Waals surface area contributed by atoms with Crippen LogP contribution in [0.3, 0.4) is 0 Å². The number of amides is 1. The molecule has 12 heteroatoms. The largest absolute Gasteiger partial charge is 0.489 e. The number of anilines is 4. The SMILES string of the molecule is Cc1cc(Nc2ncc(C)c(Nc3ccccc3S(=O)(=O)C(C)C)n2)c(OC(C)C)cc1C1CCN(C(=O)CCCC(=O)O)CC1. The summed E-state index contributed by atoms with van der Waals surface area (Å²) in [5.74, 6) is 0.846. The van der Waals surface area contributed by atoms with Gasteiger partial charge < -0.3 is 25.4 Å². The van der Waals surface area contributed by atoms with E-state index in [4.69, 9.17) is 14.8 Å². The number of para-hydroxylation sites is 1. The average molecular weight is 652 g/mol. The molecular weight excluding hydrogens is 606 g/mol. The number of hydrogen-bond acceptors (Lipinski definition) is 9. The third kappa shape index (κ3) is 8.54. The van der Waals surface area contributed by atoms with Crippen molar-refractivity contribution in [3.63, 3.8) is 0 Å². The lowest BCUT2D eigenvalue weighted by molar-refractivity contribution is -0.137. The lowest BCUT2D eigenvalue weighted by Crippen LogP contribution is -2.38. The van der Waals surface area contributed by atoms with E-state index in [0.29, 0.717) is 48.4 Å². The van der Waals surface area contributed by atoms with E-state index in [-0.39, 0.29) is 35.7 Å². The average Bonchev–Trinajstić information content (AvgIpc) is 3.00. The van der Waals surface area contributed by atoms with Crippen LogP contribution in [0.5, 0.6) is 5.75 Å². The molecule has 3 N–H and O–H groups in total. The molecule has 2 aromatic carbocycles. The fourth-order valence-electron chi connectivity index (χ4n) is 5.53. The molecule has 248 valence electrons. The summed E-state index contributed by atoms with van der Waals surface area (Å²) in [5, 5.41) is 14.8. The summed E-state index contributed by atoms with van der Waals surface area (Å²) in [5.41, 5.74) is 4.14. The van der Waals surface area contributed by atoms with Crippen molar-refractivity contribution in [1.82, 2.24) is 14.9 Å². The number of carbonyl (C=O) groups excluding carboxylic acids is 1. The van der Waals surface area contributed by atoms with Gasteiger partial charge in [0.05, 0.1) is 27.6 Å². The second kappa shape index (κ2) is 14.9. The Hall–Kier alpha value is -4.19. The summed E-state index contributed by atoms with van der Waals surface area (Å²) in [7, 11) is -3.53. The summed E-state index contributed by atoms with van der Waals surface area (Å²) in [6.45, 7) is 12.4. The molecule has 2 heterocycles. The van der Waals surface area contributed by atoms with Crippen molar-refractivity contribution in [1.29, 1.82) is 0 Å². The Morgan fingerprint density at radius 1 is 1.00 bits per heavy atom. The minimum absolute atomic E-state index is 0.00243. The minimum atomic E-state index is -3.53. The molecule has 0 saturated carbocycles. The van der Waals surface area contributed by atoms with Crippen LogP contribution in [0.15, 0.2) is 47.5 Å². The summed E-state index contributed by atoms with van der Waals surface area (Å²) < 4.78 is 32.2. The number of carboxylic acid groups (broad SMARTS) is 1. The number of likely N-dealkylation sites (tertiary alicyclic amines) is 1. The zero-order chi connectivity index (χ0) is 33.6. The van der Waals surface area contributed by atoms with Crippen LogP contribution in [-0.2, 0) is 19.4 Å². The van der Waals surface area contributed by atoms with Gasteiger partial charge in [0.1, 0.15) is 11.6 Å². The zero-order valence-electron chi connectivity index (χ0n) is 27.5. The van der Waals surface area contributed by atoms with Crippen LogP contribution in [0.1, 0.15) is 82.4 Å². The van der Waals surface area contributed by atoms with Crippen LogP contribution in [0, 0.1) is 13.8 Å². The molecular formula is C34H45N5O6S. The molecule has 1 aliphatic rings. The Morgan fingerprint density at radius 2 is 1.70 bits per heavy atom. The first kappa shape index (κ1) is 34.7. The fraction of sp³-hybridized carbons (Fsp3) is 0.471. The van der Waals surface area contributed by atoms with Crippen molar-refractivity contribution in [2.75, 3.05) is 23.7 Å². The molecule has 0 spiro atoms. The molecule has 0 bridgehead atoms. The van der Waals surface area contributed by atoms with Crippen LogP contribution in [0.2, 0.25) is 0 Å². The number of hydrogen-bond donors (Lipinski definition) is 3. The van der Waals surface area contributed by atoms with Gasteiger partial charge in [0.25, 0.3) is 0 Å². The summed E-state index contributed by atoms with van der Waals surface area (Å²) >= 11 is 0. The molecule has 1 aromatic heterocycles. The van der Waals surface area contributed by atoms with E-state index in [0.717, 1.165) is 29.5 Å². The maximum atomic E-state index is 13.0. The Kier molecular flexibility index (Phi) is 11.3. The summed E-state index contributed by atoms with van der Waals surface area (Å²) in [6.07, 6.45) is 3.82. The maximum Gasteiger partial charge on any atom is 0.303 e. The van der Waals surface area contributed by atoms with E-state index < -0.39 is 21.1 Å². The Morgan fingerprint density at radius 3 is 2.35 bits per heavy atom. The predicted molar refractivity (Wildman–Crippen MR) is 179 cm³/mol. The number of carboxylic acids is 1.